The predicted octanol–water partition coefficient (Wildman–Crippen LogP) is 1.38. The van der Waals surface area contributed by atoms with Gasteiger partial charge in [-0.25, -0.2) is 13.2 Å². The minimum atomic E-state index is -3.15. The zero-order valence-corrected chi connectivity index (χ0v) is 16.1. The van der Waals surface area contributed by atoms with E-state index in [1.165, 1.54) is 0 Å². The average Bonchev–Trinajstić information content (AvgIpc) is 2.99. The van der Waals surface area contributed by atoms with Crippen LogP contribution in [0.5, 0.6) is 0 Å². The molecule has 25 heavy (non-hydrogen) atoms. The maximum atomic E-state index is 12.6. The highest BCUT2D eigenvalue weighted by molar-refractivity contribution is 7.91. The first-order chi connectivity index (χ1) is 11.5. The molecule has 140 valence electrons. The lowest BCUT2D eigenvalue weighted by Gasteiger charge is -2.44. The van der Waals surface area contributed by atoms with E-state index in [4.69, 9.17) is 4.42 Å². The van der Waals surface area contributed by atoms with E-state index in [-0.39, 0.29) is 35.2 Å². The molecular weight excluding hydrogens is 342 g/mol. The first kappa shape index (κ1) is 18.3. The Morgan fingerprint density at radius 3 is 2.52 bits per heavy atom. The van der Waals surface area contributed by atoms with Crippen LogP contribution in [-0.2, 0) is 16.4 Å². The Balaban J connectivity index is 1.78. The van der Waals surface area contributed by atoms with E-state index in [0.717, 1.165) is 11.5 Å². The maximum Gasteiger partial charge on any atom is 0.318 e. The first-order valence-electron chi connectivity index (χ1n) is 8.63. The van der Waals surface area contributed by atoms with E-state index in [2.05, 4.69) is 10.2 Å². The number of nitrogens with one attached hydrogen (secondary N) is 1. The quantitative estimate of drug-likeness (QED) is 0.852. The number of fused-ring (bicyclic) bond motifs is 1. The van der Waals surface area contributed by atoms with E-state index >= 15 is 0 Å². The van der Waals surface area contributed by atoms with Crippen LogP contribution >= 0.6 is 0 Å². The van der Waals surface area contributed by atoms with Crippen LogP contribution in [-0.4, -0.2) is 66.5 Å². The van der Waals surface area contributed by atoms with Crippen LogP contribution < -0.4 is 5.32 Å². The Bertz CT molecular complexity index is 750. The molecule has 0 bridgehead atoms. The molecule has 2 fully saturated rings. The van der Waals surface area contributed by atoms with Crippen molar-refractivity contribution in [3.05, 3.63) is 23.7 Å². The largest absolute Gasteiger partial charge is 0.465 e. The summed E-state index contributed by atoms with van der Waals surface area (Å²) in [7, 11) is -3.15. The fraction of sp³-hybridized carbons (Fsp3) is 0.706. The molecule has 0 saturated carbocycles. The van der Waals surface area contributed by atoms with Crippen LogP contribution in [0.2, 0.25) is 0 Å². The lowest BCUT2D eigenvalue weighted by Crippen LogP contribution is -2.63. The normalized spacial score (nSPS) is 26.5. The number of nitrogens with zero attached hydrogens (tertiary/aromatic N) is 2. The standard InChI is InChI=1S/C17H27N3O4S/c1-12-5-6-13(24-12)9-19-7-8-20(16(21)18-17(2,3)4)15-11-25(22,23)10-14(15)19/h5-6,14-15H,7-11H2,1-4H3,(H,18,21)/t14-,15+/m1/s1. The van der Waals surface area contributed by atoms with Crippen molar-refractivity contribution >= 4 is 15.9 Å². The zero-order chi connectivity index (χ0) is 18.4. The molecule has 2 saturated heterocycles. The summed E-state index contributed by atoms with van der Waals surface area (Å²) in [4.78, 5) is 16.5. The zero-order valence-electron chi connectivity index (χ0n) is 15.3. The third-order valence-corrected chi connectivity index (χ3v) is 6.39. The van der Waals surface area contributed by atoms with E-state index in [1.807, 2.05) is 39.8 Å². The molecule has 2 amide bonds. The Morgan fingerprint density at radius 2 is 1.92 bits per heavy atom. The Morgan fingerprint density at radius 1 is 1.24 bits per heavy atom. The van der Waals surface area contributed by atoms with Gasteiger partial charge in [-0.2, -0.15) is 0 Å². The molecule has 1 N–H and O–H groups in total. The highest BCUT2D eigenvalue weighted by Crippen LogP contribution is 2.28. The molecule has 0 radical (unpaired) electrons. The summed E-state index contributed by atoms with van der Waals surface area (Å²) in [6.07, 6.45) is 0. The van der Waals surface area contributed by atoms with Crippen molar-refractivity contribution in [1.29, 1.82) is 0 Å². The van der Waals surface area contributed by atoms with Gasteiger partial charge in [0.05, 0.1) is 24.1 Å². The molecule has 3 heterocycles. The summed E-state index contributed by atoms with van der Waals surface area (Å²) < 4.78 is 30.1. The number of urea groups is 1. The summed E-state index contributed by atoms with van der Waals surface area (Å²) >= 11 is 0. The monoisotopic (exact) mass is 369 g/mol. The average molecular weight is 369 g/mol. The fourth-order valence-corrected chi connectivity index (χ4v) is 5.65. The van der Waals surface area contributed by atoms with Gasteiger partial charge >= 0.3 is 6.03 Å². The van der Waals surface area contributed by atoms with Crippen LogP contribution in [0.15, 0.2) is 16.5 Å². The second-order valence-corrected chi connectivity index (χ2v) is 10.2. The van der Waals surface area contributed by atoms with Gasteiger partial charge in [-0.1, -0.05) is 0 Å². The van der Waals surface area contributed by atoms with Crippen molar-refractivity contribution in [3.8, 4) is 0 Å². The number of carbonyl (C=O) groups is 1. The molecular formula is C17H27N3O4S. The second-order valence-electron chi connectivity index (χ2n) is 8.07. The molecule has 0 unspecified atom stereocenters. The van der Waals surface area contributed by atoms with E-state index in [9.17, 15) is 13.2 Å². The summed E-state index contributed by atoms with van der Waals surface area (Å²) in [6.45, 7) is 9.36. The SMILES string of the molecule is Cc1ccc(CN2CCN(C(=O)NC(C)(C)C)[C@H]3CS(=O)(=O)C[C@H]32)o1. The molecule has 8 heteroatoms. The van der Waals surface area contributed by atoms with Crippen molar-refractivity contribution < 1.29 is 17.6 Å². The third-order valence-electron chi connectivity index (χ3n) is 4.69. The van der Waals surface area contributed by atoms with Gasteiger partial charge in [-0.15, -0.1) is 0 Å². The summed E-state index contributed by atoms with van der Waals surface area (Å²) in [5.41, 5.74) is -0.354. The third kappa shape index (κ3) is 4.17. The second kappa shape index (κ2) is 6.32. The molecule has 2 atom stereocenters. The lowest BCUT2D eigenvalue weighted by molar-refractivity contribution is 0.0542. The van der Waals surface area contributed by atoms with Gasteiger partial charge in [0.2, 0.25) is 0 Å². The first-order valence-corrected chi connectivity index (χ1v) is 10.4. The topological polar surface area (TPSA) is 82.9 Å². The Kier molecular flexibility index (Phi) is 4.61. The highest BCUT2D eigenvalue weighted by Gasteiger charge is 2.48. The van der Waals surface area contributed by atoms with E-state index < -0.39 is 9.84 Å². The predicted molar refractivity (Wildman–Crippen MR) is 95.1 cm³/mol. The molecule has 1 aromatic rings. The highest BCUT2D eigenvalue weighted by atomic mass is 32.2. The number of carbonyl (C=O) groups excluding carboxylic acids is 1. The van der Waals surface area contributed by atoms with Gasteiger partial charge in [0, 0.05) is 24.7 Å². The Labute approximate surface area is 149 Å². The maximum absolute atomic E-state index is 12.6. The minimum Gasteiger partial charge on any atom is -0.465 e. The number of sulfone groups is 1. The van der Waals surface area contributed by atoms with Gasteiger partial charge in [-0.05, 0) is 39.8 Å². The Hall–Kier alpha value is -1.54. The van der Waals surface area contributed by atoms with Crippen molar-refractivity contribution in [3.63, 3.8) is 0 Å². The van der Waals surface area contributed by atoms with Crippen LogP contribution in [0.25, 0.3) is 0 Å². The van der Waals surface area contributed by atoms with Crippen molar-refractivity contribution in [1.82, 2.24) is 15.1 Å². The molecule has 1 aromatic heterocycles. The number of amides is 2. The molecule has 0 aliphatic carbocycles. The lowest BCUT2D eigenvalue weighted by atomic mass is 10.0. The number of rotatable bonds is 2. The molecule has 7 nitrogen and oxygen atoms in total. The van der Waals surface area contributed by atoms with Gasteiger partial charge in [0.15, 0.2) is 9.84 Å². The number of furan rings is 1. The van der Waals surface area contributed by atoms with Gasteiger partial charge in [0.1, 0.15) is 11.5 Å². The minimum absolute atomic E-state index is 0.0307. The van der Waals surface area contributed by atoms with E-state index in [1.54, 1.807) is 4.90 Å². The molecule has 2 aliphatic heterocycles. The fourth-order valence-electron chi connectivity index (χ4n) is 3.64. The van der Waals surface area contributed by atoms with E-state index in [0.29, 0.717) is 19.6 Å². The molecule has 2 aliphatic rings. The van der Waals surface area contributed by atoms with Gasteiger partial charge < -0.3 is 14.6 Å². The van der Waals surface area contributed by atoms with Crippen LogP contribution in [0.1, 0.15) is 32.3 Å². The van der Waals surface area contributed by atoms with Gasteiger partial charge in [-0.3, -0.25) is 4.90 Å². The smallest absolute Gasteiger partial charge is 0.318 e. The number of piperazine rings is 1. The molecule has 0 aromatic carbocycles. The van der Waals surface area contributed by atoms with Crippen LogP contribution in [0, 0.1) is 6.92 Å². The number of hydrogen-bond donors (Lipinski definition) is 1. The molecule has 0 spiro atoms. The van der Waals surface area contributed by atoms with Crippen LogP contribution in [0.4, 0.5) is 4.79 Å². The van der Waals surface area contributed by atoms with Crippen LogP contribution in [0.3, 0.4) is 0 Å². The van der Waals surface area contributed by atoms with Gasteiger partial charge in [0.25, 0.3) is 0 Å². The number of aryl methyl sites for hydroxylation is 1. The van der Waals surface area contributed by atoms with Crippen molar-refractivity contribution in [2.75, 3.05) is 24.6 Å². The summed E-state index contributed by atoms with van der Waals surface area (Å²) in [5, 5.41) is 2.95. The molecule has 3 rings (SSSR count). The number of hydrogen-bond acceptors (Lipinski definition) is 5. The summed E-state index contributed by atoms with van der Waals surface area (Å²) in [5.74, 6) is 1.79. The van der Waals surface area contributed by atoms with Crippen molar-refractivity contribution in [2.45, 2.75) is 51.9 Å². The van der Waals surface area contributed by atoms with Crippen molar-refractivity contribution in [2.24, 2.45) is 0 Å². The summed E-state index contributed by atoms with van der Waals surface area (Å²) in [6, 6.07) is 3.15.